The van der Waals surface area contributed by atoms with Crippen LogP contribution in [0.3, 0.4) is 0 Å². The van der Waals surface area contributed by atoms with Crippen LogP contribution < -0.4 is 31.3 Å². The lowest BCUT2D eigenvalue weighted by molar-refractivity contribution is -0.597. The van der Waals surface area contributed by atoms with Gasteiger partial charge in [-0.05, 0) is 68.4 Å². The molecule has 0 bridgehead atoms. The summed E-state index contributed by atoms with van der Waals surface area (Å²) in [6.45, 7) is 4.54. The Morgan fingerprint density at radius 3 is 2.41 bits per heavy atom. The standard InChI is InChI=1S/C22H18IN3O3S.C7H8O3S/c1-2-28-14-29-17-9-11-18-20(12-17)30-22(25-18)26-21(27)19-10-8-16(13-24-19)23-15-6-4-3-5-7-15;1-6-2-4-7(5-3-6)11(8,9)10/h3-13H,2,14H2,1H3;2-5H,1H3,(H,8,9,10). The number of nitrogens with one attached hydrogen (secondary N) is 1. The van der Waals surface area contributed by atoms with Crippen molar-refractivity contribution in [3.05, 3.63) is 110 Å². The van der Waals surface area contributed by atoms with Crippen LogP contribution in [0.5, 0.6) is 5.75 Å². The van der Waals surface area contributed by atoms with Crippen LogP contribution in [0.25, 0.3) is 10.2 Å². The number of aromatic nitrogens is 2. The summed E-state index contributed by atoms with van der Waals surface area (Å²) in [4.78, 5) is 21.2. The zero-order valence-corrected chi connectivity index (χ0v) is 25.9. The highest BCUT2D eigenvalue weighted by Crippen LogP contribution is 2.29. The van der Waals surface area contributed by atoms with E-state index in [2.05, 4.69) is 27.4 Å². The minimum absolute atomic E-state index is 0.178. The fraction of sp³-hybridized carbons (Fsp3) is 0.138. The summed E-state index contributed by atoms with van der Waals surface area (Å²) in [6, 6.07) is 25.4. The molecule has 1 amide bonds. The molecule has 0 saturated carbocycles. The molecule has 2 aromatic heterocycles. The van der Waals surface area contributed by atoms with Gasteiger partial charge in [0.1, 0.15) is 21.6 Å². The molecule has 0 spiro atoms. The lowest BCUT2D eigenvalue weighted by Crippen LogP contribution is -3.61. The number of carbonyl (C=O) groups is 1. The Morgan fingerprint density at radius 1 is 1.00 bits per heavy atom. The van der Waals surface area contributed by atoms with Gasteiger partial charge in [0, 0.05) is 6.61 Å². The maximum atomic E-state index is 12.6. The van der Waals surface area contributed by atoms with E-state index < -0.39 is 10.1 Å². The summed E-state index contributed by atoms with van der Waals surface area (Å²) >= 11 is 1.09. The SMILES string of the molecule is CCOCOc1ccc2nc(NC(=O)c3ccc([I+]c4ccccc4)cn3)sc2c1.Cc1ccc(S(=O)(=O)[O-])cc1. The molecule has 2 heterocycles. The Bertz CT molecular complexity index is 1690. The Morgan fingerprint density at radius 2 is 1.76 bits per heavy atom. The number of benzene rings is 3. The van der Waals surface area contributed by atoms with Gasteiger partial charge in [0.25, 0.3) is 5.91 Å². The van der Waals surface area contributed by atoms with E-state index in [1.807, 2.05) is 56.3 Å². The van der Waals surface area contributed by atoms with E-state index in [9.17, 15) is 17.8 Å². The Kier molecular flexibility index (Phi) is 10.8. The average Bonchev–Trinajstić information content (AvgIpc) is 3.36. The predicted octanol–water partition coefficient (Wildman–Crippen LogP) is 2.34. The summed E-state index contributed by atoms with van der Waals surface area (Å²) < 4.78 is 45.3. The lowest BCUT2D eigenvalue weighted by atomic mass is 10.2. The number of anilines is 1. The predicted molar refractivity (Wildman–Crippen MR) is 152 cm³/mol. The highest BCUT2D eigenvalue weighted by molar-refractivity contribution is 7.85. The van der Waals surface area contributed by atoms with Crippen LogP contribution in [0.15, 0.2) is 96.0 Å². The average molecular weight is 704 g/mol. The summed E-state index contributed by atoms with van der Waals surface area (Å²) in [5.41, 5.74) is 2.10. The van der Waals surface area contributed by atoms with E-state index in [0.29, 0.717) is 23.2 Å². The highest BCUT2D eigenvalue weighted by atomic mass is 127. The maximum absolute atomic E-state index is 12.6. The van der Waals surface area contributed by atoms with Crippen molar-refractivity contribution in [1.82, 2.24) is 9.97 Å². The number of hydrogen-bond donors (Lipinski definition) is 1. The number of halogens is 1. The fourth-order valence-electron chi connectivity index (χ4n) is 3.28. The van der Waals surface area contributed by atoms with Crippen LogP contribution in [0.2, 0.25) is 0 Å². The molecule has 12 heteroatoms. The topological polar surface area (TPSA) is 131 Å². The van der Waals surface area contributed by atoms with Crippen molar-refractivity contribution < 1.29 is 48.4 Å². The lowest BCUT2D eigenvalue weighted by Gasteiger charge is -2.05. The van der Waals surface area contributed by atoms with Crippen molar-refractivity contribution in [2.75, 3.05) is 18.7 Å². The molecular formula is C29H26IN3O6S2. The summed E-state index contributed by atoms with van der Waals surface area (Å²) in [5, 5.41) is 3.37. The summed E-state index contributed by atoms with van der Waals surface area (Å²) in [6.07, 6.45) is 1.79. The van der Waals surface area contributed by atoms with Gasteiger partial charge >= 0.3 is 21.2 Å². The van der Waals surface area contributed by atoms with E-state index in [0.717, 1.165) is 19.4 Å². The number of amides is 1. The largest absolute Gasteiger partial charge is 0.744 e. The van der Waals surface area contributed by atoms with Crippen LogP contribution in [0, 0.1) is 14.1 Å². The van der Waals surface area contributed by atoms with Gasteiger partial charge in [-0.15, -0.1) is 0 Å². The molecule has 0 aliphatic rings. The van der Waals surface area contributed by atoms with Crippen LogP contribution in [-0.4, -0.2) is 42.2 Å². The van der Waals surface area contributed by atoms with E-state index in [-0.39, 0.29) is 38.8 Å². The van der Waals surface area contributed by atoms with Gasteiger partial charge < -0.3 is 14.0 Å². The third kappa shape index (κ3) is 9.30. The number of fused-ring (bicyclic) bond motifs is 1. The van der Waals surface area contributed by atoms with Gasteiger partial charge in [-0.25, -0.2) is 18.4 Å². The summed E-state index contributed by atoms with van der Waals surface area (Å²) in [7, 11) is -4.27. The Labute approximate surface area is 252 Å². The zero-order valence-electron chi connectivity index (χ0n) is 22.1. The third-order valence-electron chi connectivity index (χ3n) is 5.31. The van der Waals surface area contributed by atoms with Crippen molar-refractivity contribution in [1.29, 1.82) is 0 Å². The van der Waals surface area contributed by atoms with Gasteiger partial charge in [0.05, 0.1) is 21.3 Å². The highest BCUT2D eigenvalue weighted by Gasteiger charge is 2.17. The van der Waals surface area contributed by atoms with Crippen LogP contribution >= 0.6 is 11.3 Å². The molecule has 3 aromatic carbocycles. The molecule has 0 fully saturated rings. The van der Waals surface area contributed by atoms with Gasteiger partial charge in [-0.1, -0.05) is 47.2 Å². The maximum Gasteiger partial charge on any atom is 0.359 e. The smallest absolute Gasteiger partial charge is 0.359 e. The first kappa shape index (κ1) is 30.5. The third-order valence-corrected chi connectivity index (χ3v) is 9.70. The molecule has 0 radical (unpaired) electrons. The molecule has 5 rings (SSSR count). The van der Waals surface area contributed by atoms with Crippen LogP contribution in [0.1, 0.15) is 23.0 Å². The second-order valence-electron chi connectivity index (χ2n) is 8.38. The number of pyridine rings is 1. The number of hydrogen-bond acceptors (Lipinski definition) is 9. The molecule has 212 valence electrons. The number of thiazole rings is 1. The van der Waals surface area contributed by atoms with Crippen LogP contribution in [-0.2, 0) is 14.9 Å². The number of carbonyl (C=O) groups excluding carboxylic acids is 1. The van der Waals surface area contributed by atoms with Gasteiger partial charge in [-0.2, -0.15) is 0 Å². The molecule has 9 nitrogen and oxygen atoms in total. The monoisotopic (exact) mass is 703 g/mol. The first-order chi connectivity index (χ1) is 19.7. The normalized spacial score (nSPS) is 11.0. The summed E-state index contributed by atoms with van der Waals surface area (Å²) in [5.74, 6) is 0.433. The van der Waals surface area contributed by atoms with E-state index >= 15 is 0 Å². The van der Waals surface area contributed by atoms with E-state index in [4.69, 9.17) is 9.47 Å². The minimum atomic E-state index is -4.27. The fourth-order valence-corrected chi connectivity index (χ4v) is 6.77. The quantitative estimate of drug-likeness (QED) is 0.107. The van der Waals surface area contributed by atoms with Gasteiger partial charge in [0.2, 0.25) is 3.57 Å². The molecule has 0 unspecified atom stereocenters. The van der Waals surface area contributed by atoms with Crippen molar-refractivity contribution in [3.63, 3.8) is 0 Å². The Balaban J connectivity index is 0.000000296. The van der Waals surface area contributed by atoms with Crippen molar-refractivity contribution >= 4 is 42.7 Å². The van der Waals surface area contributed by atoms with Crippen molar-refractivity contribution in [2.24, 2.45) is 0 Å². The van der Waals surface area contributed by atoms with E-state index in [1.54, 1.807) is 24.4 Å². The molecular weight excluding hydrogens is 677 g/mol. The van der Waals surface area contributed by atoms with Crippen molar-refractivity contribution in [2.45, 2.75) is 18.7 Å². The second-order valence-corrected chi connectivity index (χ2v) is 13.8. The van der Waals surface area contributed by atoms with Crippen molar-refractivity contribution in [3.8, 4) is 5.75 Å². The van der Waals surface area contributed by atoms with Gasteiger partial charge in [-0.3, -0.25) is 10.1 Å². The van der Waals surface area contributed by atoms with Gasteiger partial charge in [0.15, 0.2) is 15.5 Å². The number of ether oxygens (including phenoxy) is 2. The number of rotatable bonds is 9. The first-order valence-electron chi connectivity index (χ1n) is 12.3. The molecule has 5 aromatic rings. The second kappa shape index (κ2) is 14.5. The molecule has 0 aliphatic heterocycles. The zero-order chi connectivity index (χ0) is 29.2. The molecule has 1 N–H and O–H groups in total. The molecule has 41 heavy (non-hydrogen) atoms. The minimum Gasteiger partial charge on any atom is -0.744 e. The van der Waals surface area contributed by atoms with Crippen LogP contribution in [0.4, 0.5) is 5.13 Å². The first-order valence-corrected chi connectivity index (χ1v) is 16.7. The molecule has 0 atom stereocenters. The Hall–Kier alpha value is -3.43. The number of nitrogens with zero attached hydrogens (tertiary/aromatic N) is 2. The molecule has 0 aliphatic carbocycles. The molecule has 0 saturated heterocycles. The van der Waals surface area contributed by atoms with E-state index in [1.165, 1.54) is 27.0 Å². The number of aryl methyl sites for hydroxylation is 1.